The van der Waals surface area contributed by atoms with E-state index in [1.165, 1.54) is 11.8 Å². The van der Waals surface area contributed by atoms with Crippen LogP contribution in [0.3, 0.4) is 0 Å². The Morgan fingerprint density at radius 1 is 1.00 bits per heavy atom. The van der Waals surface area contributed by atoms with E-state index in [2.05, 4.69) is 36.3 Å². The minimum Gasteiger partial charge on any atom is -0.349 e. The molecule has 2 aromatic carbocycles. The molecule has 25 heavy (non-hydrogen) atoms. The van der Waals surface area contributed by atoms with E-state index in [-0.39, 0.29) is 0 Å². The molecular formula is C19H19NO3S2. The lowest BCUT2D eigenvalue weighted by molar-refractivity contribution is 0.352. The number of nitrogens with zero attached hydrogens (tertiary/aromatic N) is 1. The van der Waals surface area contributed by atoms with Crippen molar-refractivity contribution >= 4 is 21.6 Å². The second kappa shape index (κ2) is 7.06. The molecule has 0 atom stereocenters. The van der Waals surface area contributed by atoms with Crippen LogP contribution in [0, 0.1) is 6.92 Å². The monoisotopic (exact) mass is 373 g/mol. The minimum absolute atomic E-state index is 0.291. The van der Waals surface area contributed by atoms with Crippen LogP contribution in [0.15, 0.2) is 63.0 Å². The smallest absolute Gasteiger partial charge is 0.201 e. The molecule has 0 aliphatic heterocycles. The highest BCUT2D eigenvalue weighted by Gasteiger charge is 2.20. The second-order valence-electron chi connectivity index (χ2n) is 5.79. The average molecular weight is 373 g/mol. The van der Waals surface area contributed by atoms with E-state index < -0.39 is 9.84 Å². The Balaban J connectivity index is 2.12. The fraction of sp³-hybridized carbons (Fsp3) is 0.211. The van der Waals surface area contributed by atoms with Crippen molar-refractivity contribution in [2.75, 3.05) is 12.0 Å². The van der Waals surface area contributed by atoms with E-state index in [1.54, 1.807) is 36.0 Å². The van der Waals surface area contributed by atoms with E-state index in [1.807, 2.05) is 6.92 Å². The van der Waals surface area contributed by atoms with Gasteiger partial charge < -0.3 is 4.52 Å². The third-order valence-electron chi connectivity index (χ3n) is 3.83. The molecule has 0 unspecified atom stereocenters. The molecule has 0 bridgehead atoms. The third kappa shape index (κ3) is 3.80. The lowest BCUT2D eigenvalue weighted by Crippen LogP contribution is -1.96. The molecule has 6 heteroatoms. The van der Waals surface area contributed by atoms with E-state index >= 15 is 0 Å². The van der Waals surface area contributed by atoms with Gasteiger partial charge in [-0.05, 0) is 30.4 Å². The zero-order valence-electron chi connectivity index (χ0n) is 14.3. The van der Waals surface area contributed by atoms with Crippen LogP contribution in [0.1, 0.15) is 12.5 Å². The molecule has 0 aliphatic carbocycles. The van der Waals surface area contributed by atoms with Crippen LogP contribution in [0.5, 0.6) is 0 Å². The number of aromatic nitrogens is 1. The standard InChI is InChI=1S/C19H19NO3S2/c1-4-24-19-17(14-7-5-13(2)6-8-14)18(20-23-19)15-9-11-16(12-10-15)25(3,21)22/h5-12H,4H2,1-3H3. The summed E-state index contributed by atoms with van der Waals surface area (Å²) in [6, 6.07) is 15.0. The van der Waals surface area contributed by atoms with Crippen molar-refractivity contribution in [1.82, 2.24) is 5.16 Å². The SMILES string of the molecule is CCSc1onc(-c2ccc(S(C)(=O)=O)cc2)c1-c1ccc(C)cc1. The lowest BCUT2D eigenvalue weighted by atomic mass is 10.0. The van der Waals surface area contributed by atoms with Crippen LogP contribution in [-0.4, -0.2) is 25.6 Å². The van der Waals surface area contributed by atoms with Gasteiger partial charge in [-0.3, -0.25) is 0 Å². The van der Waals surface area contributed by atoms with Gasteiger partial charge in [-0.2, -0.15) is 0 Å². The maximum absolute atomic E-state index is 11.7. The predicted molar refractivity (Wildman–Crippen MR) is 102 cm³/mol. The normalized spacial score (nSPS) is 11.6. The van der Waals surface area contributed by atoms with Crippen molar-refractivity contribution in [1.29, 1.82) is 0 Å². The maximum atomic E-state index is 11.7. The zero-order valence-corrected chi connectivity index (χ0v) is 15.9. The van der Waals surface area contributed by atoms with E-state index in [0.717, 1.165) is 33.2 Å². The van der Waals surface area contributed by atoms with Crippen molar-refractivity contribution in [2.45, 2.75) is 23.8 Å². The van der Waals surface area contributed by atoms with Crippen LogP contribution >= 0.6 is 11.8 Å². The fourth-order valence-electron chi connectivity index (χ4n) is 2.54. The predicted octanol–water partition coefficient (Wildman–Crippen LogP) is 4.83. The molecule has 0 spiro atoms. The summed E-state index contributed by atoms with van der Waals surface area (Å²) in [5.74, 6) is 0.876. The number of hydrogen-bond acceptors (Lipinski definition) is 5. The fourth-order valence-corrected chi connectivity index (χ4v) is 3.88. The number of thioether (sulfide) groups is 1. The van der Waals surface area contributed by atoms with Crippen LogP contribution in [-0.2, 0) is 9.84 Å². The zero-order chi connectivity index (χ0) is 18.0. The van der Waals surface area contributed by atoms with Gasteiger partial charge in [0.15, 0.2) is 9.84 Å². The summed E-state index contributed by atoms with van der Waals surface area (Å²) in [6.07, 6.45) is 1.20. The Labute approximate surface area is 152 Å². The first-order valence-corrected chi connectivity index (χ1v) is 10.8. The maximum Gasteiger partial charge on any atom is 0.201 e. The van der Waals surface area contributed by atoms with Gasteiger partial charge >= 0.3 is 0 Å². The number of sulfone groups is 1. The van der Waals surface area contributed by atoms with Gasteiger partial charge in [-0.25, -0.2) is 8.42 Å². The Bertz CT molecular complexity index is 973. The molecule has 0 aliphatic rings. The van der Waals surface area contributed by atoms with Gasteiger partial charge in [0.2, 0.25) is 5.09 Å². The van der Waals surface area contributed by atoms with Gasteiger partial charge in [-0.15, -0.1) is 0 Å². The topological polar surface area (TPSA) is 60.2 Å². The number of benzene rings is 2. The Kier molecular flexibility index (Phi) is 5.01. The highest BCUT2D eigenvalue weighted by molar-refractivity contribution is 7.99. The first-order valence-electron chi connectivity index (χ1n) is 7.90. The summed E-state index contributed by atoms with van der Waals surface area (Å²) in [4.78, 5) is 0.291. The molecular weight excluding hydrogens is 354 g/mol. The molecule has 0 saturated carbocycles. The molecule has 0 N–H and O–H groups in total. The summed E-state index contributed by atoms with van der Waals surface area (Å²) in [6.45, 7) is 4.11. The van der Waals surface area contributed by atoms with E-state index in [9.17, 15) is 8.42 Å². The third-order valence-corrected chi connectivity index (χ3v) is 5.79. The summed E-state index contributed by atoms with van der Waals surface area (Å²) >= 11 is 1.60. The van der Waals surface area contributed by atoms with E-state index in [0.29, 0.717) is 4.90 Å². The summed E-state index contributed by atoms with van der Waals surface area (Å²) < 4.78 is 28.9. The van der Waals surface area contributed by atoms with Gasteiger partial charge in [0.25, 0.3) is 0 Å². The molecule has 3 aromatic rings. The van der Waals surface area contributed by atoms with Crippen molar-refractivity contribution in [2.24, 2.45) is 0 Å². The molecule has 0 fully saturated rings. The first kappa shape index (κ1) is 17.8. The van der Waals surface area contributed by atoms with Crippen LogP contribution in [0.4, 0.5) is 0 Å². The average Bonchev–Trinajstić information content (AvgIpc) is 2.99. The van der Waals surface area contributed by atoms with Gasteiger partial charge in [0.05, 0.1) is 10.5 Å². The van der Waals surface area contributed by atoms with E-state index in [4.69, 9.17) is 4.52 Å². The van der Waals surface area contributed by atoms with Gasteiger partial charge in [0, 0.05) is 11.8 Å². The molecule has 1 heterocycles. The lowest BCUT2D eigenvalue weighted by Gasteiger charge is -2.06. The van der Waals surface area contributed by atoms with Crippen molar-refractivity contribution in [3.05, 3.63) is 54.1 Å². The summed E-state index contributed by atoms with van der Waals surface area (Å²) in [5.41, 5.74) is 4.71. The van der Waals surface area contributed by atoms with Crippen molar-refractivity contribution < 1.29 is 12.9 Å². The molecule has 0 amide bonds. The van der Waals surface area contributed by atoms with Crippen molar-refractivity contribution in [3.8, 4) is 22.4 Å². The molecule has 4 nitrogen and oxygen atoms in total. The Morgan fingerprint density at radius 2 is 1.60 bits per heavy atom. The molecule has 130 valence electrons. The highest BCUT2D eigenvalue weighted by Crippen LogP contribution is 2.39. The summed E-state index contributed by atoms with van der Waals surface area (Å²) in [7, 11) is -3.22. The quantitative estimate of drug-likeness (QED) is 0.599. The minimum atomic E-state index is -3.22. The van der Waals surface area contributed by atoms with Gasteiger partial charge in [-0.1, -0.05) is 65.8 Å². The van der Waals surface area contributed by atoms with Crippen molar-refractivity contribution in [3.63, 3.8) is 0 Å². The molecule has 0 radical (unpaired) electrons. The van der Waals surface area contributed by atoms with Crippen LogP contribution < -0.4 is 0 Å². The molecule has 3 rings (SSSR count). The summed E-state index contributed by atoms with van der Waals surface area (Å²) in [5, 5.41) is 5.02. The number of rotatable bonds is 5. The molecule has 1 aromatic heterocycles. The Hall–Kier alpha value is -2.05. The van der Waals surface area contributed by atoms with Gasteiger partial charge in [0.1, 0.15) is 5.69 Å². The number of aryl methyl sites for hydroxylation is 1. The van der Waals surface area contributed by atoms with Crippen LogP contribution in [0.2, 0.25) is 0 Å². The highest BCUT2D eigenvalue weighted by atomic mass is 32.2. The number of hydrogen-bond donors (Lipinski definition) is 0. The Morgan fingerprint density at radius 3 is 2.16 bits per heavy atom. The first-order chi connectivity index (χ1) is 11.9. The second-order valence-corrected chi connectivity index (χ2v) is 9.04. The molecule has 0 saturated heterocycles. The largest absolute Gasteiger partial charge is 0.349 e. The van der Waals surface area contributed by atoms with Crippen LogP contribution in [0.25, 0.3) is 22.4 Å².